The van der Waals surface area contributed by atoms with Gasteiger partial charge in [0.1, 0.15) is 0 Å². The molecule has 0 bridgehead atoms. The van der Waals surface area contributed by atoms with Crippen LogP contribution in [-0.2, 0) is 38.5 Å². The van der Waals surface area contributed by atoms with Crippen molar-refractivity contribution in [1.82, 2.24) is 0 Å². The summed E-state index contributed by atoms with van der Waals surface area (Å²) < 4.78 is 21.9. The molecule has 0 aliphatic heterocycles. The van der Waals surface area contributed by atoms with E-state index in [1.165, 1.54) is 39.8 Å². The highest BCUT2D eigenvalue weighted by Gasteiger charge is 2.35. The molecule has 0 heterocycles. The summed E-state index contributed by atoms with van der Waals surface area (Å²) in [5.41, 5.74) is -1.02. The first-order valence-electron chi connectivity index (χ1n) is 11.7. The Kier molecular flexibility index (Phi) is 13.5. The zero-order valence-electron chi connectivity index (χ0n) is 22.7. The molecule has 9 nitrogen and oxygen atoms in total. The lowest BCUT2D eigenvalue weighted by Crippen LogP contribution is -2.41. The van der Waals surface area contributed by atoms with Crippen LogP contribution < -0.4 is 0 Å². The topological polar surface area (TPSA) is 90.9 Å². The first-order valence-corrected chi connectivity index (χ1v) is 11.7. The molecule has 0 aromatic heterocycles. The second-order valence-electron chi connectivity index (χ2n) is 10.1. The zero-order chi connectivity index (χ0) is 26.6. The molecule has 0 N–H and O–H groups in total. The fraction of sp³-hybridized carbons (Fsp3) is 0.800. The van der Waals surface area contributed by atoms with Crippen molar-refractivity contribution in [2.75, 3.05) is 0 Å². The van der Waals surface area contributed by atoms with Crippen LogP contribution in [0.15, 0.2) is 25.3 Å². The minimum Gasteiger partial charge on any atom is -0.402 e. The van der Waals surface area contributed by atoms with Gasteiger partial charge in [0.05, 0.1) is 11.2 Å². The monoisotopic (exact) mass is 490 g/mol. The van der Waals surface area contributed by atoms with Crippen LogP contribution in [-0.4, -0.2) is 41.5 Å². The number of carbonyl (C=O) groups excluding carboxylic acids is 1. The van der Waals surface area contributed by atoms with Gasteiger partial charge in [0.25, 0.3) is 0 Å². The lowest BCUT2D eigenvalue weighted by Gasteiger charge is -2.33. The Morgan fingerprint density at radius 1 is 0.706 bits per heavy atom. The van der Waals surface area contributed by atoms with Crippen LogP contribution in [0.25, 0.3) is 0 Å². The Bertz CT molecular complexity index is 574. The molecule has 0 aromatic rings. The molecule has 200 valence electrons. The van der Waals surface area contributed by atoms with Gasteiger partial charge in [-0.1, -0.05) is 39.8 Å². The van der Waals surface area contributed by atoms with Gasteiger partial charge in [-0.05, 0) is 52.7 Å². The van der Waals surface area contributed by atoms with Gasteiger partial charge in [-0.15, -0.1) is 0 Å². The van der Waals surface area contributed by atoms with Crippen molar-refractivity contribution < 1.29 is 43.3 Å². The van der Waals surface area contributed by atoms with Crippen molar-refractivity contribution in [3.8, 4) is 0 Å². The Labute approximate surface area is 205 Å². The lowest BCUT2D eigenvalue weighted by atomic mass is 10.0. The van der Waals surface area contributed by atoms with E-state index in [-0.39, 0.29) is 0 Å². The average Bonchev–Trinajstić information content (AvgIpc) is 2.67. The van der Waals surface area contributed by atoms with E-state index < -0.39 is 41.5 Å². The minimum absolute atomic E-state index is 0.510. The van der Waals surface area contributed by atoms with E-state index >= 15 is 0 Å². The highest BCUT2D eigenvalue weighted by atomic mass is 17.2. The average molecular weight is 491 g/mol. The van der Waals surface area contributed by atoms with Gasteiger partial charge < -0.3 is 18.9 Å². The van der Waals surface area contributed by atoms with Crippen LogP contribution >= 0.6 is 0 Å². The molecule has 34 heavy (non-hydrogen) atoms. The summed E-state index contributed by atoms with van der Waals surface area (Å²) in [6.45, 7) is 25.1. The second-order valence-corrected chi connectivity index (χ2v) is 10.1. The summed E-state index contributed by atoms with van der Waals surface area (Å²) in [6, 6.07) is 0. The van der Waals surface area contributed by atoms with E-state index in [0.717, 1.165) is 25.7 Å². The third-order valence-corrected chi connectivity index (χ3v) is 4.28. The maximum Gasteiger partial charge on any atom is 0.513 e. The molecule has 0 aliphatic rings. The molecule has 0 saturated carbocycles. The molecule has 0 saturated heterocycles. The summed E-state index contributed by atoms with van der Waals surface area (Å²) >= 11 is 0. The molecular formula is C25H46O9. The highest BCUT2D eigenvalue weighted by Crippen LogP contribution is 2.24. The minimum atomic E-state index is -1.42. The largest absolute Gasteiger partial charge is 0.513 e. The molecular weight excluding hydrogens is 444 g/mol. The summed E-state index contributed by atoms with van der Waals surface area (Å²) in [7, 11) is 0. The van der Waals surface area contributed by atoms with Crippen LogP contribution in [0.1, 0.15) is 94.9 Å². The Balaban J connectivity index is 4.84. The third-order valence-electron chi connectivity index (χ3n) is 4.28. The summed E-state index contributed by atoms with van der Waals surface area (Å²) in [6.07, 6.45) is 3.21. The van der Waals surface area contributed by atoms with Crippen LogP contribution in [0.3, 0.4) is 0 Å². The van der Waals surface area contributed by atoms with E-state index in [1.54, 1.807) is 0 Å². The van der Waals surface area contributed by atoms with Crippen LogP contribution in [0.4, 0.5) is 4.79 Å². The molecule has 0 aliphatic carbocycles. The van der Waals surface area contributed by atoms with Crippen LogP contribution in [0, 0.1) is 0 Å². The van der Waals surface area contributed by atoms with E-state index in [4.69, 9.17) is 38.5 Å². The number of hydrogen-bond acceptors (Lipinski definition) is 9. The first-order chi connectivity index (χ1) is 15.5. The molecule has 2 unspecified atom stereocenters. The summed E-state index contributed by atoms with van der Waals surface area (Å²) in [5.74, 6) is -2.85. The summed E-state index contributed by atoms with van der Waals surface area (Å²) in [4.78, 5) is 34.0. The predicted octanol–water partition coefficient (Wildman–Crippen LogP) is 6.72. The molecule has 2 atom stereocenters. The molecule has 0 amide bonds. The quantitative estimate of drug-likeness (QED) is 0.0682. The standard InChI is InChI=1S/C25H46O9/c1-13-17-22(5,6)33-31-19(15-3)27-24(9,10)29-21(26)30-25(11,12)28-20(16-4)32-34-23(7,8)18-14-2/h15-16,19-20H,3-4,13-14,17-18H2,1-2,5-12H3. The van der Waals surface area contributed by atoms with Gasteiger partial charge in [-0.25, -0.2) is 14.6 Å². The van der Waals surface area contributed by atoms with E-state index in [1.807, 2.05) is 41.5 Å². The first kappa shape index (κ1) is 32.5. The smallest absolute Gasteiger partial charge is 0.402 e. The third kappa shape index (κ3) is 14.7. The van der Waals surface area contributed by atoms with E-state index in [9.17, 15) is 4.79 Å². The van der Waals surface area contributed by atoms with E-state index in [2.05, 4.69) is 13.2 Å². The van der Waals surface area contributed by atoms with Crippen molar-refractivity contribution in [2.24, 2.45) is 0 Å². The maximum absolute atomic E-state index is 12.4. The molecule has 0 radical (unpaired) electrons. The van der Waals surface area contributed by atoms with Gasteiger partial charge in [0.2, 0.25) is 24.2 Å². The Hall–Kier alpha value is -1.49. The van der Waals surface area contributed by atoms with Crippen LogP contribution in [0.5, 0.6) is 0 Å². The van der Waals surface area contributed by atoms with Gasteiger partial charge in [0, 0.05) is 27.7 Å². The number of carbonyl (C=O) groups is 1. The SMILES string of the molecule is C=CC(OOC(C)(C)CCC)OC(C)(C)OC(=O)OC(C)(C)OC(C=C)OOC(C)(C)CCC. The van der Waals surface area contributed by atoms with Crippen molar-refractivity contribution >= 4 is 6.16 Å². The maximum atomic E-state index is 12.4. The van der Waals surface area contributed by atoms with Gasteiger partial charge in [-0.2, -0.15) is 9.78 Å². The van der Waals surface area contributed by atoms with Gasteiger partial charge in [-0.3, -0.25) is 0 Å². The van der Waals surface area contributed by atoms with Crippen molar-refractivity contribution in [3.05, 3.63) is 25.3 Å². The molecule has 0 fully saturated rings. The highest BCUT2D eigenvalue weighted by molar-refractivity contribution is 5.60. The lowest BCUT2D eigenvalue weighted by molar-refractivity contribution is -0.434. The summed E-state index contributed by atoms with van der Waals surface area (Å²) in [5, 5.41) is 0. The molecule has 0 spiro atoms. The number of rotatable bonds is 18. The van der Waals surface area contributed by atoms with Crippen LogP contribution in [0.2, 0.25) is 0 Å². The zero-order valence-corrected chi connectivity index (χ0v) is 22.7. The van der Waals surface area contributed by atoms with Crippen molar-refractivity contribution in [3.63, 3.8) is 0 Å². The van der Waals surface area contributed by atoms with Crippen molar-refractivity contribution in [1.29, 1.82) is 0 Å². The van der Waals surface area contributed by atoms with E-state index in [0.29, 0.717) is 0 Å². The second kappa shape index (κ2) is 14.2. The fourth-order valence-electron chi connectivity index (χ4n) is 2.89. The number of ether oxygens (including phenoxy) is 4. The molecule has 9 heteroatoms. The fourth-order valence-corrected chi connectivity index (χ4v) is 2.89. The Morgan fingerprint density at radius 2 is 1.03 bits per heavy atom. The molecule has 0 aromatic carbocycles. The van der Waals surface area contributed by atoms with Crippen molar-refractivity contribution in [2.45, 2.75) is 130 Å². The predicted molar refractivity (Wildman–Crippen MR) is 128 cm³/mol. The normalized spacial score (nSPS) is 14.9. The van der Waals surface area contributed by atoms with Gasteiger partial charge >= 0.3 is 6.16 Å². The molecule has 0 rings (SSSR count). The van der Waals surface area contributed by atoms with Gasteiger partial charge in [0.15, 0.2) is 0 Å². The Morgan fingerprint density at radius 3 is 1.29 bits per heavy atom. The number of hydrogen-bond donors (Lipinski definition) is 0.